The Labute approximate surface area is 76.9 Å². The second-order valence-corrected chi connectivity index (χ2v) is 3.24. The Bertz CT molecular complexity index is 371. The van der Waals surface area contributed by atoms with Gasteiger partial charge in [0.15, 0.2) is 0 Å². The van der Waals surface area contributed by atoms with Crippen LogP contribution in [0.15, 0.2) is 24.3 Å². The lowest BCUT2D eigenvalue weighted by Crippen LogP contribution is -2.20. The molecule has 1 aromatic carbocycles. The number of fused-ring (bicyclic) bond motifs is 1. The molecule has 1 aliphatic heterocycles. The fraction of sp³-hybridized carbons (Fsp3) is 0.200. The van der Waals surface area contributed by atoms with Crippen LogP contribution in [0.3, 0.4) is 0 Å². The molecule has 1 aliphatic rings. The Kier molecular flexibility index (Phi) is 1.74. The zero-order valence-electron chi connectivity index (χ0n) is 7.41. The van der Waals surface area contributed by atoms with Crippen LogP contribution < -0.4 is 11.1 Å². The fourth-order valence-electron chi connectivity index (χ4n) is 1.54. The summed E-state index contributed by atoms with van der Waals surface area (Å²) >= 11 is 0. The topological polar surface area (TPSA) is 58.3 Å². The van der Waals surface area contributed by atoms with Crippen LogP contribution in [0.2, 0.25) is 0 Å². The van der Waals surface area contributed by atoms with E-state index in [4.69, 9.17) is 5.73 Å². The van der Waals surface area contributed by atoms with Crippen LogP contribution in [-0.2, 0) is 0 Å². The van der Waals surface area contributed by atoms with Crippen LogP contribution in [-0.4, -0.2) is 11.3 Å². The third kappa shape index (κ3) is 1.38. The number of nitrogen functional groups attached to an aromatic ring is 1. The van der Waals surface area contributed by atoms with E-state index < -0.39 is 6.23 Å². The first-order valence-electron chi connectivity index (χ1n) is 4.20. The molecule has 2 rings (SSSR count). The third-order valence-electron chi connectivity index (χ3n) is 2.18. The summed E-state index contributed by atoms with van der Waals surface area (Å²) in [6, 6.07) is 5.60. The molecule has 4 N–H and O–H groups in total. The summed E-state index contributed by atoms with van der Waals surface area (Å²) in [5, 5.41) is 12.3. The normalized spacial score (nSPS) is 20.2. The van der Waals surface area contributed by atoms with Gasteiger partial charge in [-0.3, -0.25) is 0 Å². The molecule has 0 fully saturated rings. The van der Waals surface area contributed by atoms with Crippen LogP contribution in [0.4, 0.5) is 11.4 Å². The highest BCUT2D eigenvalue weighted by Gasteiger charge is 2.13. The number of rotatable bonds is 0. The van der Waals surface area contributed by atoms with E-state index in [2.05, 4.69) is 5.32 Å². The van der Waals surface area contributed by atoms with E-state index in [1.807, 2.05) is 25.1 Å². The first-order valence-corrected chi connectivity index (χ1v) is 4.20. The van der Waals surface area contributed by atoms with Gasteiger partial charge >= 0.3 is 0 Å². The minimum atomic E-state index is -0.587. The Morgan fingerprint density at radius 2 is 2.23 bits per heavy atom. The highest BCUT2D eigenvalue weighted by atomic mass is 16.3. The number of aliphatic hydroxyl groups is 1. The summed E-state index contributed by atoms with van der Waals surface area (Å²) in [6.45, 7) is 1.96. The number of allylic oxidation sites excluding steroid dienone is 1. The number of benzene rings is 1. The number of hydrogen-bond donors (Lipinski definition) is 3. The molecule has 1 aromatic rings. The number of nitrogens with two attached hydrogens (primary N) is 1. The molecule has 0 radical (unpaired) electrons. The first-order chi connectivity index (χ1) is 6.16. The monoisotopic (exact) mass is 176 g/mol. The summed E-state index contributed by atoms with van der Waals surface area (Å²) in [4.78, 5) is 0. The summed E-state index contributed by atoms with van der Waals surface area (Å²) < 4.78 is 0. The maximum absolute atomic E-state index is 9.38. The van der Waals surface area contributed by atoms with Gasteiger partial charge in [0.1, 0.15) is 6.23 Å². The molecule has 13 heavy (non-hydrogen) atoms. The van der Waals surface area contributed by atoms with Gasteiger partial charge in [0.2, 0.25) is 0 Å². The lowest BCUT2D eigenvalue weighted by atomic mass is 10.0. The van der Waals surface area contributed by atoms with Crippen LogP contribution >= 0.6 is 0 Å². The van der Waals surface area contributed by atoms with E-state index in [0.29, 0.717) is 0 Å². The minimum Gasteiger partial charge on any atom is -0.399 e. The number of nitrogens with one attached hydrogen (secondary N) is 1. The Hall–Kier alpha value is -1.48. The largest absolute Gasteiger partial charge is 0.399 e. The van der Waals surface area contributed by atoms with Crippen LogP contribution in [0, 0.1) is 0 Å². The molecule has 0 saturated carbocycles. The van der Waals surface area contributed by atoms with Crippen molar-refractivity contribution < 1.29 is 5.11 Å². The van der Waals surface area contributed by atoms with Crippen molar-refractivity contribution >= 4 is 16.9 Å². The molecule has 68 valence electrons. The smallest absolute Gasteiger partial charge is 0.144 e. The average molecular weight is 176 g/mol. The average Bonchev–Trinajstić information content (AvgIpc) is 2.06. The number of anilines is 2. The molecule has 0 bridgehead atoms. The maximum atomic E-state index is 9.38. The van der Waals surface area contributed by atoms with E-state index in [9.17, 15) is 5.11 Å². The Morgan fingerprint density at radius 1 is 1.46 bits per heavy atom. The lowest BCUT2D eigenvalue weighted by molar-refractivity contribution is 0.252. The summed E-state index contributed by atoms with van der Waals surface area (Å²) in [6.07, 6.45) is 1.18. The van der Waals surface area contributed by atoms with Crippen molar-refractivity contribution in [3.05, 3.63) is 29.8 Å². The van der Waals surface area contributed by atoms with Crippen molar-refractivity contribution in [2.24, 2.45) is 0 Å². The highest BCUT2D eigenvalue weighted by molar-refractivity contribution is 5.80. The zero-order valence-corrected chi connectivity index (χ0v) is 7.41. The maximum Gasteiger partial charge on any atom is 0.144 e. The molecule has 0 amide bonds. The standard InChI is InChI=1S/C10H12N2O/c1-6-4-10(13)12-9-3-2-7(11)5-8(6)9/h2-5,10,12-13H,11H2,1H3. The van der Waals surface area contributed by atoms with Gasteiger partial charge < -0.3 is 16.2 Å². The molecule has 1 unspecified atom stereocenters. The van der Waals surface area contributed by atoms with Gasteiger partial charge in [-0.25, -0.2) is 0 Å². The SMILES string of the molecule is CC1=CC(O)Nc2ccc(N)cc21. The lowest BCUT2D eigenvalue weighted by Gasteiger charge is -2.21. The Morgan fingerprint density at radius 3 is 3.00 bits per heavy atom. The second-order valence-electron chi connectivity index (χ2n) is 3.24. The van der Waals surface area contributed by atoms with Crippen molar-refractivity contribution in [2.45, 2.75) is 13.2 Å². The second kappa shape index (κ2) is 2.78. The molecule has 1 heterocycles. The summed E-state index contributed by atoms with van der Waals surface area (Å²) in [5.74, 6) is 0. The molecule has 3 nitrogen and oxygen atoms in total. The molecular weight excluding hydrogens is 164 g/mol. The van der Waals surface area contributed by atoms with Crippen molar-refractivity contribution in [1.29, 1.82) is 0 Å². The van der Waals surface area contributed by atoms with Gasteiger partial charge in [-0.05, 0) is 36.8 Å². The van der Waals surface area contributed by atoms with Crippen molar-refractivity contribution in [3.63, 3.8) is 0 Å². The van der Waals surface area contributed by atoms with Crippen LogP contribution in [0.5, 0.6) is 0 Å². The molecule has 3 heteroatoms. The van der Waals surface area contributed by atoms with Crippen molar-refractivity contribution in [2.75, 3.05) is 11.1 Å². The van der Waals surface area contributed by atoms with Gasteiger partial charge in [0.25, 0.3) is 0 Å². The molecule has 1 atom stereocenters. The van der Waals surface area contributed by atoms with Crippen LogP contribution in [0.1, 0.15) is 12.5 Å². The predicted molar refractivity (Wildman–Crippen MR) is 54.1 cm³/mol. The van der Waals surface area contributed by atoms with Gasteiger partial charge in [0, 0.05) is 16.9 Å². The predicted octanol–water partition coefficient (Wildman–Crippen LogP) is 1.42. The number of aliphatic hydroxyl groups excluding tert-OH is 1. The fourth-order valence-corrected chi connectivity index (χ4v) is 1.54. The highest BCUT2D eigenvalue weighted by Crippen LogP contribution is 2.30. The molecular formula is C10H12N2O. The van der Waals surface area contributed by atoms with E-state index in [1.165, 1.54) is 0 Å². The van der Waals surface area contributed by atoms with E-state index in [0.717, 1.165) is 22.5 Å². The molecule has 0 saturated heterocycles. The first kappa shape index (κ1) is 8.13. The van der Waals surface area contributed by atoms with E-state index in [1.54, 1.807) is 6.08 Å². The molecule has 0 spiro atoms. The van der Waals surface area contributed by atoms with E-state index >= 15 is 0 Å². The van der Waals surface area contributed by atoms with Crippen molar-refractivity contribution in [1.82, 2.24) is 0 Å². The minimum absolute atomic E-state index is 0.587. The molecule has 0 aromatic heterocycles. The summed E-state index contributed by atoms with van der Waals surface area (Å²) in [5.41, 5.74) is 9.44. The molecule has 0 aliphatic carbocycles. The van der Waals surface area contributed by atoms with E-state index in [-0.39, 0.29) is 0 Å². The van der Waals surface area contributed by atoms with Crippen molar-refractivity contribution in [3.8, 4) is 0 Å². The zero-order chi connectivity index (χ0) is 9.42. The summed E-state index contributed by atoms with van der Waals surface area (Å²) in [7, 11) is 0. The third-order valence-corrected chi connectivity index (χ3v) is 2.18. The Balaban J connectivity index is 2.54. The van der Waals surface area contributed by atoms with Gasteiger partial charge in [-0.15, -0.1) is 0 Å². The van der Waals surface area contributed by atoms with Gasteiger partial charge in [-0.2, -0.15) is 0 Å². The number of hydrogen-bond acceptors (Lipinski definition) is 3. The van der Waals surface area contributed by atoms with Gasteiger partial charge in [0.05, 0.1) is 0 Å². The van der Waals surface area contributed by atoms with Gasteiger partial charge in [-0.1, -0.05) is 0 Å². The quantitative estimate of drug-likeness (QED) is 0.524. The van der Waals surface area contributed by atoms with Crippen LogP contribution in [0.25, 0.3) is 5.57 Å².